The summed E-state index contributed by atoms with van der Waals surface area (Å²) in [7, 11) is 1.36. The van der Waals surface area contributed by atoms with Crippen LogP contribution in [0.4, 0.5) is 0 Å². The number of rotatable bonds is 31. The monoisotopic (exact) mass is 607 g/mol. The molecule has 0 saturated heterocycles. The number of ether oxygens (including phenoxy) is 2. The first-order valence-electron chi connectivity index (χ1n) is 16.8. The number of phosphoric ester groups is 1. The molecule has 0 aliphatic carbocycles. The van der Waals surface area contributed by atoms with Gasteiger partial charge in [-0.25, -0.2) is 0 Å². The van der Waals surface area contributed by atoms with Crippen molar-refractivity contribution in [3.05, 3.63) is 0 Å². The van der Waals surface area contributed by atoms with Crippen LogP contribution in [-0.2, 0) is 27.9 Å². The summed E-state index contributed by atoms with van der Waals surface area (Å²) >= 11 is 0. The van der Waals surface area contributed by atoms with Gasteiger partial charge in [0.05, 0.1) is 34.4 Å². The van der Waals surface area contributed by atoms with E-state index in [1.807, 2.05) is 21.1 Å². The van der Waals surface area contributed by atoms with Crippen LogP contribution in [0.15, 0.2) is 0 Å². The second kappa shape index (κ2) is 27.1. The SMILES string of the molecule is CCCCCCCCCCCCC(=O)OC(COCCCCCCCCCCC)COP(=O)([O-])OCC[N+](C)(C)C. The van der Waals surface area contributed by atoms with Gasteiger partial charge in [0, 0.05) is 13.0 Å². The third-order valence-electron chi connectivity index (χ3n) is 7.16. The molecule has 246 valence electrons. The number of phosphoric acid groups is 1. The van der Waals surface area contributed by atoms with Crippen LogP contribution < -0.4 is 4.89 Å². The molecule has 0 saturated carbocycles. The number of unbranched alkanes of at least 4 members (excludes halogenated alkanes) is 17. The van der Waals surface area contributed by atoms with Crippen LogP contribution in [0.3, 0.4) is 0 Å². The smallest absolute Gasteiger partial charge is 0.306 e. The van der Waals surface area contributed by atoms with Crippen molar-refractivity contribution in [1.29, 1.82) is 0 Å². The van der Waals surface area contributed by atoms with E-state index in [-0.39, 0.29) is 25.8 Å². The summed E-state index contributed by atoms with van der Waals surface area (Å²) in [4.78, 5) is 24.7. The highest BCUT2D eigenvalue weighted by molar-refractivity contribution is 7.45. The molecule has 9 heteroatoms. The lowest BCUT2D eigenvalue weighted by Crippen LogP contribution is -2.37. The quantitative estimate of drug-likeness (QED) is 0.0341. The Morgan fingerprint density at radius 3 is 1.61 bits per heavy atom. The first-order chi connectivity index (χ1) is 19.6. The van der Waals surface area contributed by atoms with E-state index in [1.165, 1.54) is 89.9 Å². The zero-order valence-electron chi connectivity index (χ0n) is 27.5. The van der Waals surface area contributed by atoms with Crippen LogP contribution in [0.1, 0.15) is 142 Å². The van der Waals surface area contributed by atoms with Crippen molar-refractivity contribution in [1.82, 2.24) is 0 Å². The molecular formula is C32H66NO7P. The fourth-order valence-corrected chi connectivity index (χ4v) is 5.21. The summed E-state index contributed by atoms with van der Waals surface area (Å²) in [6, 6.07) is 0. The minimum absolute atomic E-state index is 0.0303. The lowest BCUT2D eigenvalue weighted by Gasteiger charge is -2.28. The third-order valence-corrected chi connectivity index (χ3v) is 8.12. The Balaban J connectivity index is 4.35. The van der Waals surface area contributed by atoms with Gasteiger partial charge in [-0.05, 0) is 12.8 Å². The molecule has 0 rings (SSSR count). The van der Waals surface area contributed by atoms with E-state index in [0.29, 0.717) is 24.1 Å². The van der Waals surface area contributed by atoms with Gasteiger partial charge < -0.3 is 27.9 Å². The minimum Gasteiger partial charge on any atom is -0.756 e. The van der Waals surface area contributed by atoms with Crippen molar-refractivity contribution in [3.8, 4) is 0 Å². The Kier molecular flexibility index (Phi) is 26.7. The molecule has 0 aliphatic heterocycles. The molecular weight excluding hydrogens is 541 g/mol. The molecule has 8 nitrogen and oxygen atoms in total. The number of hydrogen-bond acceptors (Lipinski definition) is 7. The number of quaternary nitrogens is 1. The maximum atomic E-state index is 12.5. The van der Waals surface area contributed by atoms with Crippen LogP contribution in [0.2, 0.25) is 0 Å². The highest BCUT2D eigenvalue weighted by Crippen LogP contribution is 2.38. The van der Waals surface area contributed by atoms with Crippen molar-refractivity contribution in [3.63, 3.8) is 0 Å². The Bertz CT molecular complexity index is 642. The average Bonchev–Trinajstić information content (AvgIpc) is 2.90. The topological polar surface area (TPSA) is 94.1 Å². The molecule has 0 aromatic carbocycles. The van der Waals surface area contributed by atoms with Crippen LogP contribution >= 0.6 is 7.82 Å². The van der Waals surface area contributed by atoms with Gasteiger partial charge in [-0.3, -0.25) is 9.36 Å². The van der Waals surface area contributed by atoms with Gasteiger partial charge in [0.1, 0.15) is 19.3 Å². The first-order valence-corrected chi connectivity index (χ1v) is 18.2. The zero-order chi connectivity index (χ0) is 30.7. The maximum absolute atomic E-state index is 12.5. The molecule has 0 bridgehead atoms. The van der Waals surface area contributed by atoms with Gasteiger partial charge in [-0.1, -0.05) is 123 Å². The Hall–Kier alpha value is -0.500. The van der Waals surface area contributed by atoms with Crippen molar-refractivity contribution in [2.24, 2.45) is 0 Å². The number of nitrogens with zero attached hydrogens (tertiary/aromatic N) is 1. The number of carbonyl (C=O) groups is 1. The summed E-state index contributed by atoms with van der Waals surface area (Å²) in [6.07, 6.45) is 22.5. The summed E-state index contributed by atoms with van der Waals surface area (Å²) in [5.74, 6) is -0.337. The van der Waals surface area contributed by atoms with Gasteiger partial charge in [-0.15, -0.1) is 0 Å². The zero-order valence-corrected chi connectivity index (χ0v) is 28.4. The fraction of sp³-hybridized carbons (Fsp3) is 0.969. The molecule has 0 aromatic rings. The van der Waals surface area contributed by atoms with Crippen LogP contribution in [0, 0.1) is 0 Å². The van der Waals surface area contributed by atoms with Crippen molar-refractivity contribution < 1.29 is 37.3 Å². The van der Waals surface area contributed by atoms with Gasteiger partial charge in [0.15, 0.2) is 0 Å². The van der Waals surface area contributed by atoms with Gasteiger partial charge in [0.2, 0.25) is 0 Å². The third kappa shape index (κ3) is 30.8. The van der Waals surface area contributed by atoms with E-state index < -0.39 is 13.9 Å². The lowest BCUT2D eigenvalue weighted by atomic mass is 10.1. The fourth-order valence-electron chi connectivity index (χ4n) is 4.49. The number of hydrogen-bond donors (Lipinski definition) is 0. The van der Waals surface area contributed by atoms with Gasteiger partial charge >= 0.3 is 5.97 Å². The first kappa shape index (κ1) is 40.5. The predicted molar refractivity (Wildman–Crippen MR) is 167 cm³/mol. The summed E-state index contributed by atoms with van der Waals surface area (Å²) in [6.45, 7) is 5.38. The molecule has 0 aromatic heterocycles. The van der Waals surface area contributed by atoms with E-state index in [2.05, 4.69) is 13.8 Å². The Labute approximate surface area is 253 Å². The molecule has 0 N–H and O–H groups in total. The lowest BCUT2D eigenvalue weighted by molar-refractivity contribution is -0.870. The highest BCUT2D eigenvalue weighted by atomic mass is 31.2. The molecule has 0 spiro atoms. The summed E-state index contributed by atoms with van der Waals surface area (Å²) < 4.78 is 34.2. The van der Waals surface area contributed by atoms with E-state index in [9.17, 15) is 14.3 Å². The minimum atomic E-state index is -4.50. The van der Waals surface area contributed by atoms with E-state index in [4.69, 9.17) is 18.5 Å². The second-order valence-corrected chi connectivity index (χ2v) is 13.9. The normalized spacial score (nSPS) is 14.2. The maximum Gasteiger partial charge on any atom is 0.306 e. The Morgan fingerprint density at radius 1 is 0.659 bits per heavy atom. The van der Waals surface area contributed by atoms with E-state index in [1.54, 1.807) is 0 Å². The van der Waals surface area contributed by atoms with Crippen LogP contribution in [-0.4, -0.2) is 70.7 Å². The summed E-state index contributed by atoms with van der Waals surface area (Å²) in [5, 5.41) is 0. The molecule has 0 amide bonds. The van der Waals surface area contributed by atoms with E-state index in [0.717, 1.165) is 32.1 Å². The largest absolute Gasteiger partial charge is 0.756 e. The molecule has 0 fully saturated rings. The molecule has 2 atom stereocenters. The highest BCUT2D eigenvalue weighted by Gasteiger charge is 2.20. The molecule has 41 heavy (non-hydrogen) atoms. The van der Waals surface area contributed by atoms with Crippen molar-refractivity contribution >= 4 is 13.8 Å². The number of likely N-dealkylation sites (N-methyl/N-ethyl adjacent to an activating group) is 1. The molecule has 0 aliphatic rings. The number of esters is 1. The standard InChI is InChI=1S/C32H66NO7P/c1-6-8-10-12-14-16-17-19-21-23-25-32(34)40-31(30-39-41(35,36)38-28-26-33(3,4)5)29-37-27-24-22-20-18-15-13-11-9-7-2/h31H,6-30H2,1-5H3. The predicted octanol–water partition coefficient (Wildman–Crippen LogP) is 7.96. The average molecular weight is 608 g/mol. The molecule has 0 radical (unpaired) electrons. The molecule has 0 heterocycles. The van der Waals surface area contributed by atoms with Crippen molar-refractivity contribution in [2.75, 3.05) is 54.1 Å². The van der Waals surface area contributed by atoms with Crippen LogP contribution in [0.25, 0.3) is 0 Å². The van der Waals surface area contributed by atoms with Crippen LogP contribution in [0.5, 0.6) is 0 Å². The van der Waals surface area contributed by atoms with E-state index >= 15 is 0 Å². The van der Waals surface area contributed by atoms with Gasteiger partial charge in [0.25, 0.3) is 7.82 Å². The Morgan fingerprint density at radius 2 is 1.12 bits per heavy atom. The summed E-state index contributed by atoms with van der Waals surface area (Å²) in [5.41, 5.74) is 0. The second-order valence-electron chi connectivity index (χ2n) is 12.5. The number of carbonyl (C=O) groups excluding carboxylic acids is 1. The molecule has 2 unspecified atom stereocenters. The van der Waals surface area contributed by atoms with Crippen molar-refractivity contribution in [2.45, 2.75) is 148 Å². The van der Waals surface area contributed by atoms with Gasteiger partial charge in [-0.2, -0.15) is 0 Å².